The second kappa shape index (κ2) is 5.63. The van der Waals surface area contributed by atoms with Crippen molar-refractivity contribution >= 4 is 17.6 Å². The molecule has 0 saturated carbocycles. The predicted molar refractivity (Wildman–Crippen MR) is 86.0 cm³/mol. The molecule has 1 N–H and O–H groups in total. The third kappa shape index (κ3) is 2.40. The number of hydrogen-bond acceptors (Lipinski definition) is 4. The highest BCUT2D eigenvalue weighted by atomic mass is 16.6. The second-order valence-electron chi connectivity index (χ2n) is 6.18. The molecule has 24 heavy (non-hydrogen) atoms. The number of hydrogen-bond donors (Lipinski definition) is 1. The van der Waals surface area contributed by atoms with Gasteiger partial charge >= 0.3 is 6.03 Å². The van der Waals surface area contributed by atoms with Crippen LogP contribution in [0.4, 0.5) is 10.5 Å². The summed E-state index contributed by atoms with van der Waals surface area (Å²) in [5.41, 5.74) is 1.58. The van der Waals surface area contributed by atoms with Crippen LogP contribution in [0.5, 0.6) is 0 Å². The molecule has 1 aromatic rings. The van der Waals surface area contributed by atoms with Crippen LogP contribution >= 0.6 is 0 Å². The SMILES string of the molecule is CC(C)N1CC2=C(C1=O)C(c1cccc([N+](=O)[O-])c1)NC(=O)N2C. The molecule has 0 spiro atoms. The van der Waals surface area contributed by atoms with E-state index in [-0.39, 0.29) is 23.7 Å². The van der Waals surface area contributed by atoms with E-state index < -0.39 is 11.0 Å². The van der Waals surface area contributed by atoms with Gasteiger partial charge in [0.25, 0.3) is 11.6 Å². The summed E-state index contributed by atoms with van der Waals surface area (Å²) in [6.45, 7) is 4.18. The fraction of sp³-hybridized carbons (Fsp3) is 0.375. The lowest BCUT2D eigenvalue weighted by atomic mass is 9.95. The zero-order chi connectivity index (χ0) is 17.6. The molecule has 0 radical (unpaired) electrons. The van der Waals surface area contributed by atoms with Crippen molar-refractivity contribution in [3.8, 4) is 0 Å². The number of amides is 3. The molecule has 8 nitrogen and oxygen atoms in total. The number of carbonyl (C=O) groups excluding carboxylic acids is 2. The van der Waals surface area contributed by atoms with Crippen molar-refractivity contribution in [1.29, 1.82) is 0 Å². The summed E-state index contributed by atoms with van der Waals surface area (Å²) in [6, 6.07) is 5.00. The van der Waals surface area contributed by atoms with Crippen LogP contribution in [0, 0.1) is 10.1 Å². The van der Waals surface area contributed by atoms with Crippen LogP contribution in [0.1, 0.15) is 25.5 Å². The van der Waals surface area contributed by atoms with Gasteiger partial charge in [-0.15, -0.1) is 0 Å². The van der Waals surface area contributed by atoms with E-state index in [1.54, 1.807) is 24.1 Å². The lowest BCUT2D eigenvalue weighted by Gasteiger charge is -2.31. The van der Waals surface area contributed by atoms with Crippen molar-refractivity contribution in [2.24, 2.45) is 0 Å². The van der Waals surface area contributed by atoms with Gasteiger partial charge in [-0.1, -0.05) is 12.1 Å². The Labute approximate surface area is 138 Å². The van der Waals surface area contributed by atoms with Gasteiger partial charge < -0.3 is 10.2 Å². The van der Waals surface area contributed by atoms with Gasteiger partial charge in [-0.3, -0.25) is 19.8 Å². The maximum atomic E-state index is 12.8. The quantitative estimate of drug-likeness (QED) is 0.675. The Kier molecular flexibility index (Phi) is 3.75. The highest BCUT2D eigenvalue weighted by Gasteiger charge is 2.43. The van der Waals surface area contributed by atoms with Crippen molar-refractivity contribution in [2.45, 2.75) is 25.9 Å². The summed E-state index contributed by atoms with van der Waals surface area (Å²) in [7, 11) is 1.62. The largest absolute Gasteiger partial charge is 0.331 e. The van der Waals surface area contributed by atoms with E-state index in [4.69, 9.17) is 0 Å². The normalized spacial score (nSPS) is 20.6. The molecular weight excluding hydrogens is 312 g/mol. The van der Waals surface area contributed by atoms with Crippen LogP contribution in [-0.4, -0.2) is 46.3 Å². The highest BCUT2D eigenvalue weighted by molar-refractivity contribution is 6.01. The number of rotatable bonds is 3. The average Bonchev–Trinajstić information content (AvgIpc) is 2.89. The standard InChI is InChI=1S/C16H18N4O4/c1-9(2)19-8-12-13(15(19)21)14(17-16(22)18(12)3)10-5-4-6-11(7-10)20(23)24/h4-7,9,14H,8H2,1-3H3,(H,17,22). The number of non-ortho nitro benzene ring substituents is 1. The molecule has 1 atom stereocenters. The van der Waals surface area contributed by atoms with E-state index in [9.17, 15) is 19.7 Å². The van der Waals surface area contributed by atoms with Crippen LogP contribution in [-0.2, 0) is 4.79 Å². The molecule has 8 heteroatoms. The fourth-order valence-corrected chi connectivity index (χ4v) is 3.07. The number of nitro groups is 1. The maximum Gasteiger partial charge on any atom is 0.322 e. The van der Waals surface area contributed by atoms with Crippen LogP contribution in [0.15, 0.2) is 35.5 Å². The van der Waals surface area contributed by atoms with Gasteiger partial charge in [0.1, 0.15) is 0 Å². The molecule has 2 aliphatic rings. The highest BCUT2D eigenvalue weighted by Crippen LogP contribution is 2.37. The van der Waals surface area contributed by atoms with E-state index in [1.165, 1.54) is 17.0 Å². The Morgan fingerprint density at radius 2 is 2.04 bits per heavy atom. The zero-order valence-corrected chi connectivity index (χ0v) is 13.6. The Morgan fingerprint density at radius 1 is 1.33 bits per heavy atom. The Balaban J connectivity index is 2.08. The van der Waals surface area contributed by atoms with Gasteiger partial charge in [0.15, 0.2) is 0 Å². The molecule has 0 bridgehead atoms. The molecule has 0 aromatic heterocycles. The molecule has 0 aliphatic carbocycles. The minimum absolute atomic E-state index is 0.00244. The molecular formula is C16H18N4O4. The average molecular weight is 330 g/mol. The number of urea groups is 1. The minimum atomic E-state index is -0.681. The van der Waals surface area contributed by atoms with Crippen molar-refractivity contribution in [3.63, 3.8) is 0 Å². The number of nitrogens with one attached hydrogen (secondary N) is 1. The van der Waals surface area contributed by atoms with E-state index in [1.807, 2.05) is 13.8 Å². The number of nitro benzene ring substituents is 1. The first-order chi connectivity index (χ1) is 11.3. The number of benzene rings is 1. The molecule has 1 unspecified atom stereocenters. The maximum absolute atomic E-state index is 12.8. The van der Waals surface area contributed by atoms with Gasteiger partial charge in [0.2, 0.25) is 0 Å². The van der Waals surface area contributed by atoms with Crippen molar-refractivity contribution < 1.29 is 14.5 Å². The van der Waals surface area contributed by atoms with E-state index >= 15 is 0 Å². The molecule has 2 aliphatic heterocycles. The molecule has 3 rings (SSSR count). The number of likely N-dealkylation sites (N-methyl/N-ethyl adjacent to an activating group) is 1. The van der Waals surface area contributed by atoms with Crippen molar-refractivity contribution in [2.75, 3.05) is 13.6 Å². The first-order valence-electron chi connectivity index (χ1n) is 7.64. The van der Waals surface area contributed by atoms with E-state index in [0.717, 1.165) is 0 Å². The molecule has 0 saturated heterocycles. The van der Waals surface area contributed by atoms with Crippen molar-refractivity contribution in [1.82, 2.24) is 15.1 Å². The second-order valence-corrected chi connectivity index (χ2v) is 6.18. The molecule has 1 aromatic carbocycles. The van der Waals surface area contributed by atoms with Gasteiger partial charge in [-0.25, -0.2) is 4.79 Å². The molecule has 126 valence electrons. The first kappa shape index (κ1) is 16.0. The monoisotopic (exact) mass is 330 g/mol. The van der Waals surface area contributed by atoms with Gasteiger partial charge in [0, 0.05) is 25.2 Å². The van der Waals surface area contributed by atoms with Crippen molar-refractivity contribution in [3.05, 3.63) is 51.2 Å². The summed E-state index contributed by atoms with van der Waals surface area (Å²) in [6.07, 6.45) is 0. The van der Waals surface area contributed by atoms with Crippen LogP contribution in [0.25, 0.3) is 0 Å². The zero-order valence-electron chi connectivity index (χ0n) is 13.6. The van der Waals surface area contributed by atoms with Crippen LogP contribution in [0.3, 0.4) is 0 Å². The lowest BCUT2D eigenvalue weighted by molar-refractivity contribution is -0.384. The predicted octanol–water partition coefficient (Wildman–Crippen LogP) is 1.80. The minimum Gasteiger partial charge on any atom is -0.331 e. The van der Waals surface area contributed by atoms with Gasteiger partial charge in [-0.2, -0.15) is 0 Å². The molecule has 3 amide bonds. The van der Waals surface area contributed by atoms with Crippen LogP contribution in [0.2, 0.25) is 0 Å². The lowest BCUT2D eigenvalue weighted by Crippen LogP contribution is -2.45. The number of carbonyl (C=O) groups is 2. The Hall–Kier alpha value is -2.90. The summed E-state index contributed by atoms with van der Waals surface area (Å²) in [4.78, 5) is 38.7. The first-order valence-corrected chi connectivity index (χ1v) is 7.64. The number of nitrogens with zero attached hydrogens (tertiary/aromatic N) is 3. The third-order valence-electron chi connectivity index (χ3n) is 4.43. The molecule has 2 heterocycles. The smallest absolute Gasteiger partial charge is 0.322 e. The van der Waals surface area contributed by atoms with E-state index in [0.29, 0.717) is 23.4 Å². The fourth-order valence-electron chi connectivity index (χ4n) is 3.07. The molecule has 0 fully saturated rings. The third-order valence-corrected chi connectivity index (χ3v) is 4.43. The Bertz CT molecular complexity index is 771. The summed E-state index contributed by atoms with van der Waals surface area (Å²) in [5.74, 6) is -0.150. The van der Waals surface area contributed by atoms with Crippen LogP contribution < -0.4 is 5.32 Å². The summed E-state index contributed by atoms with van der Waals surface area (Å²) >= 11 is 0. The topological polar surface area (TPSA) is 95.8 Å². The summed E-state index contributed by atoms with van der Waals surface area (Å²) < 4.78 is 0. The summed E-state index contributed by atoms with van der Waals surface area (Å²) in [5, 5.41) is 13.8. The van der Waals surface area contributed by atoms with Gasteiger partial charge in [0.05, 0.1) is 28.8 Å². The van der Waals surface area contributed by atoms with Gasteiger partial charge in [-0.05, 0) is 19.4 Å². The Morgan fingerprint density at radius 3 is 2.67 bits per heavy atom. The van der Waals surface area contributed by atoms with E-state index in [2.05, 4.69) is 5.32 Å².